The molecule has 1 heterocycles. The molecule has 2 aromatic carbocycles. The van der Waals surface area contributed by atoms with Crippen molar-refractivity contribution in [2.75, 3.05) is 25.0 Å². The lowest BCUT2D eigenvalue weighted by molar-refractivity contribution is -0.137. The average Bonchev–Trinajstić information content (AvgIpc) is 2.66. The number of nitrogens with one attached hydrogen (secondary N) is 1. The summed E-state index contributed by atoms with van der Waals surface area (Å²) < 4.78 is 38.2. The lowest BCUT2D eigenvalue weighted by Crippen LogP contribution is -2.40. The molecule has 138 valence electrons. The van der Waals surface area contributed by atoms with Gasteiger partial charge < -0.3 is 10.2 Å². The number of alkyl halides is 3. The standard InChI is InChI=1S/C20H21F3N2O/c21-20(22,23)17-7-4-8-18(13-17)24-14-19(26)25-11-9-16(10-12-25)15-5-2-1-3-6-15/h1-8,13,16,24H,9-12,14H2. The van der Waals surface area contributed by atoms with E-state index in [4.69, 9.17) is 0 Å². The Morgan fingerprint density at radius 3 is 2.38 bits per heavy atom. The number of piperidine rings is 1. The molecule has 0 radical (unpaired) electrons. The van der Waals surface area contributed by atoms with Gasteiger partial charge >= 0.3 is 6.18 Å². The fourth-order valence-electron chi connectivity index (χ4n) is 3.28. The lowest BCUT2D eigenvalue weighted by Gasteiger charge is -2.32. The maximum absolute atomic E-state index is 12.7. The Labute approximate surface area is 150 Å². The van der Waals surface area contributed by atoms with Crippen molar-refractivity contribution in [1.29, 1.82) is 0 Å². The summed E-state index contributed by atoms with van der Waals surface area (Å²) in [5, 5.41) is 2.81. The number of anilines is 1. The Bertz CT molecular complexity index is 738. The molecular formula is C20H21F3N2O. The van der Waals surface area contributed by atoms with Crippen LogP contribution in [-0.4, -0.2) is 30.4 Å². The molecular weight excluding hydrogens is 341 g/mol. The molecule has 1 fully saturated rings. The maximum Gasteiger partial charge on any atom is 0.416 e. The van der Waals surface area contributed by atoms with E-state index < -0.39 is 11.7 Å². The Kier molecular flexibility index (Phi) is 5.49. The molecule has 0 spiro atoms. The van der Waals surface area contributed by atoms with Crippen molar-refractivity contribution in [2.24, 2.45) is 0 Å². The van der Waals surface area contributed by atoms with Crippen molar-refractivity contribution in [3.63, 3.8) is 0 Å². The van der Waals surface area contributed by atoms with Crippen LogP contribution in [0.3, 0.4) is 0 Å². The Balaban J connectivity index is 1.51. The molecule has 1 aliphatic rings. The predicted molar refractivity (Wildman–Crippen MR) is 94.9 cm³/mol. The number of halogens is 3. The molecule has 0 atom stereocenters. The Morgan fingerprint density at radius 1 is 1.04 bits per heavy atom. The number of rotatable bonds is 4. The molecule has 1 saturated heterocycles. The van der Waals surface area contributed by atoms with Crippen LogP contribution in [0.15, 0.2) is 54.6 Å². The quantitative estimate of drug-likeness (QED) is 0.867. The zero-order valence-corrected chi connectivity index (χ0v) is 14.3. The number of hydrogen-bond acceptors (Lipinski definition) is 2. The van der Waals surface area contributed by atoms with Gasteiger partial charge in [-0.3, -0.25) is 4.79 Å². The van der Waals surface area contributed by atoms with E-state index in [1.807, 2.05) is 18.2 Å². The van der Waals surface area contributed by atoms with Crippen LogP contribution in [0.4, 0.5) is 18.9 Å². The predicted octanol–water partition coefficient (Wildman–Crippen LogP) is 4.52. The van der Waals surface area contributed by atoms with Crippen molar-refractivity contribution in [2.45, 2.75) is 24.9 Å². The van der Waals surface area contributed by atoms with Crippen molar-refractivity contribution in [1.82, 2.24) is 4.90 Å². The first-order chi connectivity index (χ1) is 12.4. The van der Waals surface area contributed by atoms with Gasteiger partial charge in [-0.05, 0) is 42.5 Å². The molecule has 1 aliphatic heterocycles. The van der Waals surface area contributed by atoms with Gasteiger partial charge in [0.05, 0.1) is 12.1 Å². The number of hydrogen-bond donors (Lipinski definition) is 1. The van der Waals surface area contributed by atoms with Crippen LogP contribution in [-0.2, 0) is 11.0 Å². The minimum absolute atomic E-state index is 0.00266. The smallest absolute Gasteiger partial charge is 0.376 e. The van der Waals surface area contributed by atoms with Gasteiger partial charge in [-0.25, -0.2) is 0 Å². The van der Waals surface area contributed by atoms with E-state index in [-0.39, 0.29) is 12.5 Å². The van der Waals surface area contributed by atoms with E-state index in [0.29, 0.717) is 24.7 Å². The largest absolute Gasteiger partial charge is 0.416 e. The zero-order chi connectivity index (χ0) is 18.6. The summed E-state index contributed by atoms with van der Waals surface area (Å²) >= 11 is 0. The molecule has 6 heteroatoms. The second-order valence-electron chi connectivity index (χ2n) is 6.50. The molecule has 2 aromatic rings. The van der Waals surface area contributed by atoms with Gasteiger partial charge in [-0.1, -0.05) is 36.4 Å². The maximum atomic E-state index is 12.7. The van der Waals surface area contributed by atoms with Gasteiger partial charge in [0, 0.05) is 18.8 Å². The van der Waals surface area contributed by atoms with Crippen LogP contribution in [0, 0.1) is 0 Å². The van der Waals surface area contributed by atoms with E-state index in [9.17, 15) is 18.0 Å². The summed E-state index contributed by atoms with van der Waals surface area (Å²) in [5.74, 6) is 0.366. The summed E-state index contributed by atoms with van der Waals surface area (Å²) in [6.07, 6.45) is -2.58. The summed E-state index contributed by atoms with van der Waals surface area (Å²) in [5.41, 5.74) is 0.868. The zero-order valence-electron chi connectivity index (χ0n) is 14.3. The molecule has 3 nitrogen and oxygen atoms in total. The van der Waals surface area contributed by atoms with E-state index in [1.54, 1.807) is 4.90 Å². The van der Waals surface area contributed by atoms with Gasteiger partial charge in [-0.15, -0.1) is 0 Å². The number of amides is 1. The fourth-order valence-corrected chi connectivity index (χ4v) is 3.28. The highest BCUT2D eigenvalue weighted by Gasteiger charge is 2.30. The molecule has 0 saturated carbocycles. The van der Waals surface area contributed by atoms with Crippen LogP contribution < -0.4 is 5.32 Å². The Morgan fingerprint density at radius 2 is 1.73 bits per heavy atom. The van der Waals surface area contributed by atoms with Gasteiger partial charge in [0.15, 0.2) is 0 Å². The molecule has 26 heavy (non-hydrogen) atoms. The molecule has 0 bridgehead atoms. The fraction of sp³-hybridized carbons (Fsp3) is 0.350. The van der Waals surface area contributed by atoms with Crippen LogP contribution >= 0.6 is 0 Å². The number of nitrogens with zero attached hydrogens (tertiary/aromatic N) is 1. The first-order valence-corrected chi connectivity index (χ1v) is 8.67. The number of carbonyl (C=O) groups is 1. The van der Waals surface area contributed by atoms with Crippen molar-refractivity contribution in [3.05, 3.63) is 65.7 Å². The lowest BCUT2D eigenvalue weighted by atomic mass is 9.89. The molecule has 0 aromatic heterocycles. The highest BCUT2D eigenvalue weighted by molar-refractivity contribution is 5.81. The van der Waals surface area contributed by atoms with Crippen molar-refractivity contribution < 1.29 is 18.0 Å². The second-order valence-corrected chi connectivity index (χ2v) is 6.50. The van der Waals surface area contributed by atoms with E-state index in [1.165, 1.54) is 17.7 Å². The number of likely N-dealkylation sites (tertiary alicyclic amines) is 1. The van der Waals surface area contributed by atoms with Gasteiger partial charge in [0.25, 0.3) is 0 Å². The minimum Gasteiger partial charge on any atom is -0.376 e. The summed E-state index contributed by atoms with van der Waals surface area (Å²) in [4.78, 5) is 14.1. The van der Waals surface area contributed by atoms with E-state index in [0.717, 1.165) is 25.0 Å². The van der Waals surface area contributed by atoms with Crippen LogP contribution in [0.1, 0.15) is 29.9 Å². The first-order valence-electron chi connectivity index (χ1n) is 8.67. The van der Waals surface area contributed by atoms with Crippen molar-refractivity contribution >= 4 is 11.6 Å². The van der Waals surface area contributed by atoms with Gasteiger partial charge in [0.1, 0.15) is 0 Å². The van der Waals surface area contributed by atoms with Crippen LogP contribution in [0.25, 0.3) is 0 Å². The third-order valence-corrected chi connectivity index (χ3v) is 4.75. The van der Waals surface area contributed by atoms with Crippen LogP contribution in [0.2, 0.25) is 0 Å². The highest BCUT2D eigenvalue weighted by atomic mass is 19.4. The molecule has 1 N–H and O–H groups in total. The summed E-state index contributed by atoms with van der Waals surface area (Å²) in [6, 6.07) is 15.1. The summed E-state index contributed by atoms with van der Waals surface area (Å²) in [7, 11) is 0. The monoisotopic (exact) mass is 362 g/mol. The van der Waals surface area contributed by atoms with Gasteiger partial charge in [0.2, 0.25) is 5.91 Å². The topological polar surface area (TPSA) is 32.3 Å². The molecule has 3 rings (SSSR count). The van der Waals surface area contributed by atoms with E-state index in [2.05, 4.69) is 17.4 Å². The molecule has 0 unspecified atom stereocenters. The molecule has 1 amide bonds. The Hall–Kier alpha value is -2.50. The second kappa shape index (κ2) is 7.81. The van der Waals surface area contributed by atoms with Gasteiger partial charge in [-0.2, -0.15) is 13.2 Å². The SMILES string of the molecule is O=C(CNc1cccc(C(F)(F)F)c1)N1CCC(c2ccccc2)CC1. The number of carbonyl (C=O) groups excluding carboxylic acids is 1. The first kappa shape index (κ1) is 18.3. The normalized spacial score (nSPS) is 15.7. The van der Waals surface area contributed by atoms with Crippen LogP contribution in [0.5, 0.6) is 0 Å². The van der Waals surface area contributed by atoms with Crippen molar-refractivity contribution in [3.8, 4) is 0 Å². The van der Waals surface area contributed by atoms with E-state index >= 15 is 0 Å². The molecule has 0 aliphatic carbocycles. The summed E-state index contributed by atoms with van der Waals surface area (Å²) in [6.45, 7) is 1.34. The average molecular weight is 362 g/mol. The third kappa shape index (κ3) is 4.56. The number of benzene rings is 2. The minimum atomic E-state index is -4.39. The highest BCUT2D eigenvalue weighted by Crippen LogP contribution is 2.31. The third-order valence-electron chi connectivity index (χ3n) is 4.75.